The second-order valence-corrected chi connectivity index (χ2v) is 0. The molecule has 0 amide bonds. The molecule has 0 saturated heterocycles. The van der Waals surface area contributed by atoms with Gasteiger partial charge in [0.25, 0.3) is 0 Å². The molecule has 5 N–H and O–H groups in total. The van der Waals surface area contributed by atoms with Gasteiger partial charge in [-0.05, 0) is 0 Å². The van der Waals surface area contributed by atoms with Crippen LogP contribution in [0.5, 0.6) is 0 Å². The van der Waals surface area contributed by atoms with Crippen LogP contribution in [0.2, 0.25) is 0 Å². The van der Waals surface area contributed by atoms with Gasteiger partial charge in [-0.2, -0.15) is 0 Å². The highest BCUT2D eigenvalue weighted by Gasteiger charge is 0.00101. The lowest BCUT2D eigenvalue weighted by Gasteiger charge is -0.412. The van der Waals surface area contributed by atoms with E-state index >= 15 is 0 Å². The number of hydrogen-bond acceptors (Lipinski definition) is 1. The quantitative estimate of drug-likeness (QED) is 0.364. The van der Waals surface area contributed by atoms with Crippen LogP contribution in [0.1, 0.15) is 0 Å². The molecule has 2 nitrogen and oxygen atoms in total. The Balaban J connectivity index is 0. The van der Waals surface area contributed by atoms with Crippen molar-refractivity contribution < 1.29 is 5.48 Å². The van der Waals surface area contributed by atoms with Crippen LogP contribution in [0.15, 0.2) is 0 Å². The summed E-state index contributed by atoms with van der Waals surface area (Å²) in [6, 6.07) is 0. The van der Waals surface area contributed by atoms with Crippen molar-refractivity contribution in [3.8, 4) is 0 Å². The summed E-state index contributed by atoms with van der Waals surface area (Å²) >= 11 is 0. The van der Waals surface area contributed by atoms with Gasteiger partial charge in [-0.25, -0.2) is 0 Å². The first-order valence-electron chi connectivity index (χ1n) is 0. The monoisotopic (exact) mass is 90.0 g/mol. The van der Waals surface area contributed by atoms with Gasteiger partial charge < -0.3 is 11.6 Å². The average Bonchev–Trinajstić information content (AvgIpc) is 0. The molecule has 0 spiro atoms. The van der Waals surface area contributed by atoms with E-state index in [9.17, 15) is 0 Å². The first-order chi connectivity index (χ1) is 0. The third kappa shape index (κ3) is 16.6. The van der Waals surface area contributed by atoms with Crippen LogP contribution in [-0.2, 0) is 0 Å². The van der Waals surface area contributed by atoms with Crippen molar-refractivity contribution in [3.63, 3.8) is 0 Å². The second-order valence-electron chi connectivity index (χ2n) is 0. The topological polar surface area (TPSA) is 66.5 Å². The zero-order chi connectivity index (χ0) is 0. The van der Waals surface area contributed by atoms with E-state index in [1.807, 2.05) is 0 Å². The molecule has 0 aliphatic carbocycles. The van der Waals surface area contributed by atoms with Crippen molar-refractivity contribution >= 4 is 28.3 Å². The van der Waals surface area contributed by atoms with E-state index in [0.717, 1.165) is 0 Å². The van der Waals surface area contributed by atoms with Gasteiger partial charge in [0.05, 0.1) is 0 Å². The van der Waals surface area contributed by atoms with Gasteiger partial charge >= 0.3 is 0 Å². The molecular weight excluding hydrogens is 85.1 g/mol. The third-order valence-electron chi connectivity index (χ3n) is 0. The van der Waals surface area contributed by atoms with E-state index < -0.39 is 0 Å². The van der Waals surface area contributed by atoms with Crippen LogP contribution >= 0.6 is 0 Å². The Morgan fingerprint density at radius 2 is 1.00 bits per heavy atom. The Kier molecular flexibility index (Phi) is 2050. The second kappa shape index (κ2) is 58.4. The fraction of sp³-hybridized carbons (Fsp3) is 0. The molecule has 7 radical (unpaired) electrons. The molecule has 0 aliphatic rings. The molecule has 0 aliphatic heterocycles. The minimum Gasteiger partial charge on any atom is -0.412 e. The summed E-state index contributed by atoms with van der Waals surface area (Å²) < 4.78 is 0. The Morgan fingerprint density at radius 1 is 1.00 bits per heavy atom. The minimum absolute atomic E-state index is 0. The molecule has 0 bridgehead atoms. The van der Waals surface area contributed by atoms with Crippen LogP contribution in [0.4, 0.5) is 0 Å². The van der Waals surface area contributed by atoms with Crippen LogP contribution in [0, 0.1) is 0 Å². The Bertz CT molecular complexity index is 8.00. The number of hydrogen-bond donors (Lipinski definition) is 1. The van der Waals surface area contributed by atoms with E-state index in [4.69, 9.17) is 0 Å². The van der Waals surface area contributed by atoms with Crippen LogP contribution in [-0.4, -0.2) is 33.8 Å². The van der Waals surface area contributed by atoms with Crippen molar-refractivity contribution in [1.29, 1.82) is 0 Å². The molecule has 0 unspecified atom stereocenters. The first kappa shape index (κ1) is 140. The van der Waals surface area contributed by atoms with E-state index in [1.165, 1.54) is 0 Å². The van der Waals surface area contributed by atoms with Crippen LogP contribution in [0.3, 0.4) is 0 Å². The molecule has 0 atom stereocenters. The van der Waals surface area contributed by atoms with Gasteiger partial charge in [0.1, 0.15) is 0 Å². The lowest BCUT2D eigenvalue weighted by atomic mass is 14.0. The van der Waals surface area contributed by atoms with E-state index in [1.54, 1.807) is 0 Å². The molecule has 4 heavy (non-hydrogen) atoms. The van der Waals surface area contributed by atoms with Gasteiger partial charge in [0, 0.05) is 28.3 Å². The van der Waals surface area contributed by atoms with Crippen molar-refractivity contribution in [2.24, 2.45) is 0 Å². The largest absolute Gasteiger partial charge is 0.412 e. The third-order valence-corrected chi connectivity index (χ3v) is 0. The highest BCUT2D eigenvalue weighted by atomic mass is 28.1. The Hall–Kier alpha value is 0.669. The zero-order valence-electron chi connectivity index (χ0n) is 2.28. The summed E-state index contributed by atoms with van der Waals surface area (Å²) in [4.78, 5) is 0. The molecule has 0 saturated carbocycles. The fourth-order valence-corrected chi connectivity index (χ4v) is 0. The summed E-state index contributed by atoms with van der Waals surface area (Å²) in [7, 11) is 0. The molecule has 0 aromatic heterocycles. The van der Waals surface area contributed by atoms with Gasteiger partial charge in [-0.3, -0.25) is 0 Å². The van der Waals surface area contributed by atoms with E-state index in [0.29, 0.717) is 0 Å². The summed E-state index contributed by atoms with van der Waals surface area (Å²) in [6.45, 7) is 0. The van der Waals surface area contributed by atoms with E-state index in [-0.39, 0.29) is 40.0 Å². The summed E-state index contributed by atoms with van der Waals surface area (Å²) in [6.07, 6.45) is 0. The predicted octanol–water partition coefficient (Wildman–Crippen LogP) is -1.42. The minimum atomic E-state index is 0. The van der Waals surface area contributed by atoms with Gasteiger partial charge in [0.2, 0.25) is 0 Å². The van der Waals surface area contributed by atoms with Crippen molar-refractivity contribution in [1.82, 2.24) is 6.15 Å². The Morgan fingerprint density at radius 3 is 1.00 bits per heavy atom. The average molecular weight is 90.1 g/mol. The maximum Gasteiger partial charge on any atom is 0 e. The van der Waals surface area contributed by atoms with Crippen molar-refractivity contribution in [2.45, 2.75) is 0 Å². The lowest BCUT2D eigenvalue weighted by Crippen LogP contribution is -0.481. The molecule has 4 heteroatoms. The Labute approximate surface area is 40.6 Å². The molecule has 0 aromatic rings. The standard InChI is InChI=1S/Al.H3N.H2O.Si/h;1H3;1H2;. The summed E-state index contributed by atoms with van der Waals surface area (Å²) in [5, 5.41) is 0. The predicted molar refractivity (Wildman–Crippen MR) is 20.1 cm³/mol. The molecule has 23 valence electrons. The summed E-state index contributed by atoms with van der Waals surface area (Å²) in [5.74, 6) is 0. The lowest BCUT2D eigenvalue weighted by molar-refractivity contribution is 0.824. The number of rotatable bonds is 0. The van der Waals surface area contributed by atoms with Gasteiger partial charge in [-0.15, -0.1) is 0 Å². The molecule has 0 rings (SSSR count). The fourth-order valence-electron chi connectivity index (χ4n) is 0. The van der Waals surface area contributed by atoms with Crippen molar-refractivity contribution in [2.75, 3.05) is 0 Å². The maximum absolute atomic E-state index is 0. The maximum atomic E-state index is 0. The van der Waals surface area contributed by atoms with Crippen molar-refractivity contribution in [3.05, 3.63) is 0 Å². The smallest absolute Gasteiger partial charge is 0 e. The first-order valence-corrected chi connectivity index (χ1v) is 0. The molecular formula is H5AlNOSi. The van der Waals surface area contributed by atoms with Gasteiger partial charge in [0.15, 0.2) is 0 Å². The molecule has 0 fully saturated rings. The zero-order valence-corrected chi connectivity index (χ0v) is 4.44. The van der Waals surface area contributed by atoms with Gasteiger partial charge in [-0.1, -0.05) is 0 Å². The highest BCUT2D eigenvalue weighted by molar-refractivity contribution is 5.76. The summed E-state index contributed by atoms with van der Waals surface area (Å²) in [5.41, 5.74) is 0. The van der Waals surface area contributed by atoms with Crippen LogP contribution in [0.25, 0.3) is 0 Å². The van der Waals surface area contributed by atoms with E-state index in [2.05, 4.69) is 0 Å². The highest BCUT2D eigenvalue weighted by Crippen LogP contribution is -0.289. The van der Waals surface area contributed by atoms with Crippen LogP contribution < -0.4 is 6.15 Å². The molecule has 0 aromatic carbocycles. The SMILES string of the molecule is N.O.[Al].[Si]. The molecule has 0 heterocycles. The normalized spacial score (nSPS) is 0.